The zero-order valence-electron chi connectivity index (χ0n) is 9.61. The van der Waals surface area contributed by atoms with Crippen LogP contribution in [0.2, 0.25) is 0 Å². The van der Waals surface area contributed by atoms with Crippen LogP contribution in [-0.2, 0) is 17.8 Å². The van der Waals surface area contributed by atoms with Gasteiger partial charge >= 0.3 is 5.97 Å². The Labute approximate surface area is 109 Å². The number of hydrogen-bond donors (Lipinski definition) is 1. The van der Waals surface area contributed by atoms with E-state index in [4.69, 9.17) is 0 Å². The number of carbonyl (C=O) groups is 1. The minimum atomic E-state index is -0.775. The van der Waals surface area contributed by atoms with Crippen molar-refractivity contribution in [3.63, 3.8) is 0 Å². The molecule has 1 aliphatic rings. The zero-order valence-corrected chi connectivity index (χ0v) is 10.4. The van der Waals surface area contributed by atoms with E-state index in [-0.39, 0.29) is 0 Å². The summed E-state index contributed by atoms with van der Waals surface area (Å²) in [7, 11) is 0. The Kier molecular flexibility index (Phi) is 2.76. The van der Waals surface area contributed by atoms with Crippen molar-refractivity contribution in [1.82, 2.24) is 4.98 Å². The standard InChI is InChI=1S/C13H12N2O2S/c16-13(17)11-7-9-3-1-2-4-10(9)15(11)8-12-14-5-6-18-12/h1-6,11H,7-8H2,(H,16,17). The maximum absolute atomic E-state index is 11.4. The Hall–Kier alpha value is -1.88. The lowest BCUT2D eigenvalue weighted by atomic mass is 10.1. The molecule has 0 saturated carbocycles. The number of aromatic nitrogens is 1. The van der Waals surface area contributed by atoms with Crippen LogP contribution >= 0.6 is 11.3 Å². The quantitative estimate of drug-likeness (QED) is 0.918. The lowest BCUT2D eigenvalue weighted by Crippen LogP contribution is -2.38. The molecule has 4 nitrogen and oxygen atoms in total. The van der Waals surface area contributed by atoms with E-state index in [1.165, 1.54) is 0 Å². The highest BCUT2D eigenvalue weighted by atomic mass is 32.1. The van der Waals surface area contributed by atoms with E-state index in [2.05, 4.69) is 4.98 Å². The van der Waals surface area contributed by atoms with Crippen molar-refractivity contribution in [1.29, 1.82) is 0 Å². The van der Waals surface area contributed by atoms with Crippen LogP contribution in [0.5, 0.6) is 0 Å². The number of anilines is 1. The summed E-state index contributed by atoms with van der Waals surface area (Å²) in [6.45, 7) is 0.561. The number of benzene rings is 1. The van der Waals surface area contributed by atoms with Gasteiger partial charge in [0.1, 0.15) is 11.0 Å². The lowest BCUT2D eigenvalue weighted by molar-refractivity contribution is -0.138. The molecule has 1 unspecified atom stereocenters. The highest BCUT2D eigenvalue weighted by Crippen LogP contribution is 2.33. The summed E-state index contributed by atoms with van der Waals surface area (Å²) in [4.78, 5) is 17.5. The predicted octanol–water partition coefficient (Wildman–Crippen LogP) is 2.16. The third kappa shape index (κ3) is 1.86. The molecular weight excluding hydrogens is 248 g/mol. The molecule has 92 valence electrons. The van der Waals surface area contributed by atoms with Crippen molar-refractivity contribution >= 4 is 23.0 Å². The molecule has 1 aromatic heterocycles. The van der Waals surface area contributed by atoms with Gasteiger partial charge in [-0.25, -0.2) is 9.78 Å². The fourth-order valence-electron chi connectivity index (χ4n) is 2.34. The van der Waals surface area contributed by atoms with E-state index in [9.17, 15) is 9.90 Å². The Morgan fingerprint density at radius 1 is 1.50 bits per heavy atom. The van der Waals surface area contributed by atoms with Crippen molar-refractivity contribution in [2.75, 3.05) is 4.90 Å². The molecule has 1 aliphatic heterocycles. The average Bonchev–Trinajstić information content (AvgIpc) is 2.98. The number of nitrogens with zero attached hydrogens (tertiary/aromatic N) is 2. The Balaban J connectivity index is 1.95. The number of rotatable bonds is 3. The molecule has 1 N–H and O–H groups in total. The number of carboxylic acids is 1. The molecule has 1 aromatic carbocycles. The summed E-state index contributed by atoms with van der Waals surface area (Å²) < 4.78 is 0. The van der Waals surface area contributed by atoms with E-state index in [1.54, 1.807) is 17.5 Å². The predicted molar refractivity (Wildman–Crippen MR) is 69.9 cm³/mol. The first-order valence-corrected chi connectivity index (χ1v) is 6.59. The second-order valence-electron chi connectivity index (χ2n) is 4.24. The maximum atomic E-state index is 11.4. The first kappa shape index (κ1) is 11.2. The van der Waals surface area contributed by atoms with Gasteiger partial charge in [0.15, 0.2) is 0 Å². The van der Waals surface area contributed by atoms with E-state index in [0.717, 1.165) is 16.3 Å². The summed E-state index contributed by atoms with van der Waals surface area (Å²) in [5.41, 5.74) is 2.11. The molecule has 0 spiro atoms. The van der Waals surface area contributed by atoms with E-state index < -0.39 is 12.0 Å². The molecule has 0 saturated heterocycles. The molecule has 2 aromatic rings. The molecule has 18 heavy (non-hydrogen) atoms. The fourth-order valence-corrected chi connectivity index (χ4v) is 2.96. The Morgan fingerprint density at radius 2 is 2.33 bits per heavy atom. The van der Waals surface area contributed by atoms with Gasteiger partial charge in [-0.05, 0) is 11.6 Å². The van der Waals surface area contributed by atoms with Gasteiger partial charge in [-0.3, -0.25) is 0 Å². The van der Waals surface area contributed by atoms with E-state index in [0.29, 0.717) is 13.0 Å². The molecule has 3 rings (SSSR count). The van der Waals surface area contributed by atoms with Crippen molar-refractivity contribution in [3.8, 4) is 0 Å². The summed E-state index contributed by atoms with van der Waals surface area (Å²) >= 11 is 1.55. The fraction of sp³-hybridized carbons (Fsp3) is 0.231. The van der Waals surface area contributed by atoms with Crippen molar-refractivity contribution in [3.05, 3.63) is 46.4 Å². The van der Waals surface area contributed by atoms with Gasteiger partial charge < -0.3 is 10.0 Å². The normalized spacial score (nSPS) is 17.8. The van der Waals surface area contributed by atoms with Gasteiger partial charge in [0.25, 0.3) is 0 Å². The van der Waals surface area contributed by atoms with Crippen LogP contribution in [0.25, 0.3) is 0 Å². The topological polar surface area (TPSA) is 53.4 Å². The monoisotopic (exact) mass is 260 g/mol. The van der Waals surface area contributed by atoms with Crippen molar-refractivity contribution in [2.45, 2.75) is 19.0 Å². The summed E-state index contributed by atoms with van der Waals surface area (Å²) in [6, 6.07) is 7.38. The summed E-state index contributed by atoms with van der Waals surface area (Å²) in [6.07, 6.45) is 2.31. The van der Waals surface area contributed by atoms with Gasteiger partial charge in [0.05, 0.1) is 6.54 Å². The third-order valence-corrected chi connectivity index (χ3v) is 3.93. The van der Waals surface area contributed by atoms with Gasteiger partial charge in [-0.15, -0.1) is 11.3 Å². The summed E-state index contributed by atoms with van der Waals surface area (Å²) in [5.74, 6) is -0.775. The summed E-state index contributed by atoms with van der Waals surface area (Å²) in [5, 5.41) is 12.2. The molecule has 2 heterocycles. The molecule has 1 atom stereocenters. The Morgan fingerprint density at radius 3 is 3.06 bits per heavy atom. The molecule has 0 amide bonds. The van der Waals surface area contributed by atoms with Crippen molar-refractivity contribution in [2.24, 2.45) is 0 Å². The minimum Gasteiger partial charge on any atom is -0.480 e. The van der Waals surface area contributed by atoms with Gasteiger partial charge in [0.2, 0.25) is 0 Å². The minimum absolute atomic E-state index is 0.480. The van der Waals surface area contributed by atoms with Crippen LogP contribution in [0.3, 0.4) is 0 Å². The molecule has 0 bridgehead atoms. The average molecular weight is 260 g/mol. The number of fused-ring (bicyclic) bond motifs is 1. The van der Waals surface area contributed by atoms with Crippen LogP contribution < -0.4 is 4.90 Å². The van der Waals surface area contributed by atoms with Crippen molar-refractivity contribution < 1.29 is 9.90 Å². The third-order valence-electron chi connectivity index (χ3n) is 3.16. The van der Waals surface area contributed by atoms with E-state index >= 15 is 0 Å². The first-order chi connectivity index (χ1) is 8.75. The number of hydrogen-bond acceptors (Lipinski definition) is 4. The van der Waals surface area contributed by atoms with Crippen LogP contribution in [0.1, 0.15) is 10.6 Å². The van der Waals surface area contributed by atoms with Gasteiger partial charge in [-0.2, -0.15) is 0 Å². The van der Waals surface area contributed by atoms with E-state index in [1.807, 2.05) is 34.5 Å². The molecule has 0 aliphatic carbocycles. The van der Waals surface area contributed by atoms with Crippen LogP contribution in [0.4, 0.5) is 5.69 Å². The highest BCUT2D eigenvalue weighted by Gasteiger charge is 2.34. The second-order valence-corrected chi connectivity index (χ2v) is 5.22. The molecule has 0 radical (unpaired) electrons. The Bertz CT molecular complexity index is 568. The molecular formula is C13H12N2O2S. The number of aliphatic carboxylic acids is 1. The maximum Gasteiger partial charge on any atom is 0.326 e. The molecule has 0 fully saturated rings. The SMILES string of the molecule is O=C(O)C1Cc2ccccc2N1Cc1nccs1. The molecule has 5 heteroatoms. The number of para-hydroxylation sites is 1. The zero-order chi connectivity index (χ0) is 12.5. The lowest BCUT2D eigenvalue weighted by Gasteiger charge is -2.23. The van der Waals surface area contributed by atoms with Crippen LogP contribution in [0.15, 0.2) is 35.8 Å². The number of thiazole rings is 1. The number of carboxylic acid groups (broad SMARTS) is 1. The smallest absolute Gasteiger partial charge is 0.326 e. The largest absolute Gasteiger partial charge is 0.480 e. The van der Waals surface area contributed by atoms with Gasteiger partial charge in [0, 0.05) is 23.7 Å². The highest BCUT2D eigenvalue weighted by molar-refractivity contribution is 7.09. The van der Waals surface area contributed by atoms with Crippen LogP contribution in [-0.4, -0.2) is 22.1 Å². The van der Waals surface area contributed by atoms with Crippen LogP contribution in [0, 0.1) is 0 Å². The van der Waals surface area contributed by atoms with Gasteiger partial charge in [-0.1, -0.05) is 18.2 Å². The first-order valence-electron chi connectivity index (χ1n) is 5.71. The second kappa shape index (κ2) is 4.42.